The molecule has 1 heterocycles. The molecule has 38 heavy (non-hydrogen) atoms. The number of carbonyl (C=O) groups excluding carboxylic acids is 2. The van der Waals surface area contributed by atoms with E-state index in [0.717, 1.165) is 16.9 Å². The maximum atomic E-state index is 12.6. The summed E-state index contributed by atoms with van der Waals surface area (Å²) in [4.78, 5) is 39.1. The summed E-state index contributed by atoms with van der Waals surface area (Å²) in [5.41, 5.74) is 8.50. The lowest BCUT2D eigenvalue weighted by Gasteiger charge is -2.22. The summed E-state index contributed by atoms with van der Waals surface area (Å²) in [5.74, 6) is 5.76. The van der Waals surface area contributed by atoms with Crippen molar-refractivity contribution in [1.82, 2.24) is 25.1 Å². The summed E-state index contributed by atoms with van der Waals surface area (Å²) < 4.78 is 0. The Labute approximate surface area is 225 Å². The van der Waals surface area contributed by atoms with Gasteiger partial charge < -0.3 is 31.3 Å². The molecule has 2 rings (SSSR count). The van der Waals surface area contributed by atoms with Crippen molar-refractivity contribution in [3.63, 3.8) is 0 Å². The number of nitrogens with one attached hydrogen (secondary N) is 2. The largest absolute Gasteiger partial charge is 0.373 e. The number of nitrogens with two attached hydrogens (primary N) is 1. The number of benzene rings is 1. The van der Waals surface area contributed by atoms with Gasteiger partial charge in [-0.05, 0) is 57.5 Å². The van der Waals surface area contributed by atoms with Crippen LogP contribution in [0.15, 0.2) is 24.3 Å². The van der Waals surface area contributed by atoms with Crippen LogP contribution in [-0.4, -0.2) is 91.1 Å². The van der Waals surface area contributed by atoms with Gasteiger partial charge >= 0.3 is 0 Å². The number of nitrogens with zero attached hydrogens (tertiary/aromatic N) is 5. The van der Waals surface area contributed by atoms with Gasteiger partial charge in [0.2, 0.25) is 5.91 Å². The van der Waals surface area contributed by atoms with Crippen LogP contribution in [-0.2, 0) is 22.4 Å². The van der Waals surface area contributed by atoms with E-state index in [1.54, 1.807) is 14.0 Å². The molecule has 0 aliphatic heterocycles. The summed E-state index contributed by atoms with van der Waals surface area (Å²) in [6.07, 6.45) is -0.0612. The van der Waals surface area contributed by atoms with E-state index in [9.17, 15) is 14.7 Å². The minimum Gasteiger partial charge on any atom is -0.373 e. The highest BCUT2D eigenvalue weighted by atomic mass is 16.3. The molecule has 2 amide bonds. The molecule has 0 spiro atoms. The van der Waals surface area contributed by atoms with E-state index in [1.807, 2.05) is 69.2 Å². The minimum absolute atomic E-state index is 0.256. The fraction of sp³-hybridized carbons (Fsp3) is 0.481. The third-order valence-corrected chi connectivity index (χ3v) is 5.79. The molecular weight excluding hydrogens is 484 g/mol. The number of aryl methyl sites for hydroxylation is 1. The van der Waals surface area contributed by atoms with E-state index >= 15 is 0 Å². The molecule has 0 radical (unpaired) electrons. The fourth-order valence-electron chi connectivity index (χ4n) is 3.50. The lowest BCUT2D eigenvalue weighted by Crippen LogP contribution is -2.46. The zero-order valence-corrected chi connectivity index (χ0v) is 23.4. The highest BCUT2D eigenvalue weighted by molar-refractivity contribution is 5.96. The smallest absolute Gasteiger partial charge is 0.298 e. The second-order valence-electron chi connectivity index (χ2n) is 9.42. The minimum atomic E-state index is -1.28. The predicted molar refractivity (Wildman–Crippen MR) is 150 cm³/mol. The van der Waals surface area contributed by atoms with E-state index < -0.39 is 18.2 Å². The molecule has 11 heteroatoms. The molecule has 206 valence electrons. The van der Waals surface area contributed by atoms with Crippen molar-refractivity contribution in [3.8, 4) is 11.8 Å². The van der Waals surface area contributed by atoms with Crippen LogP contribution in [0.4, 0.5) is 17.3 Å². The van der Waals surface area contributed by atoms with Crippen molar-refractivity contribution in [2.24, 2.45) is 5.73 Å². The Morgan fingerprint density at radius 2 is 1.87 bits per heavy atom. The van der Waals surface area contributed by atoms with Crippen LogP contribution in [0.5, 0.6) is 0 Å². The van der Waals surface area contributed by atoms with E-state index in [0.29, 0.717) is 37.6 Å². The Bertz CT molecular complexity index is 1170. The van der Waals surface area contributed by atoms with Gasteiger partial charge in [-0.1, -0.05) is 25.0 Å². The van der Waals surface area contributed by atoms with Crippen LogP contribution in [0.3, 0.4) is 0 Å². The summed E-state index contributed by atoms with van der Waals surface area (Å²) in [7, 11) is 9.06. The Morgan fingerprint density at radius 1 is 1.16 bits per heavy atom. The molecule has 2 aromatic rings. The van der Waals surface area contributed by atoms with Crippen LogP contribution in [0.2, 0.25) is 0 Å². The Kier molecular flexibility index (Phi) is 11.5. The molecule has 0 saturated heterocycles. The van der Waals surface area contributed by atoms with Gasteiger partial charge in [0.05, 0.1) is 12.2 Å². The number of carbonyl (C=O) groups is 2. The molecule has 1 aromatic heterocycles. The Morgan fingerprint density at radius 3 is 2.47 bits per heavy atom. The van der Waals surface area contributed by atoms with Crippen molar-refractivity contribution in [1.29, 1.82) is 0 Å². The van der Waals surface area contributed by atoms with Crippen LogP contribution < -0.4 is 21.3 Å². The number of hydrogen-bond donors (Lipinski definition) is 4. The summed E-state index contributed by atoms with van der Waals surface area (Å²) in [5, 5.41) is 16.2. The van der Waals surface area contributed by atoms with E-state index in [1.165, 1.54) is 4.90 Å². The first-order valence-electron chi connectivity index (χ1n) is 12.5. The van der Waals surface area contributed by atoms with Gasteiger partial charge in [-0.25, -0.2) is 9.97 Å². The quantitative estimate of drug-likeness (QED) is 0.249. The molecule has 1 aromatic carbocycles. The fourth-order valence-corrected chi connectivity index (χ4v) is 3.50. The first-order chi connectivity index (χ1) is 17.9. The molecule has 11 nitrogen and oxygen atoms in total. The van der Waals surface area contributed by atoms with Gasteiger partial charge in [-0.3, -0.25) is 14.5 Å². The Balaban J connectivity index is 2.04. The standard InChI is InChI=1S/C27H40N8O3/c1-8-21-26(34(5)6)32-25(23(31-21)24(28)37)30-20-12-9-11-19(17-20)14-15-29-27(38)18(2)35(7)22(36)13-10-16-33(3)4/h9,11-12,17-18,24,37H,8,14-16,28H2,1-7H3,(H,29,38)(H,30,32)/t18-,24?/m0/s1. The zero-order valence-electron chi connectivity index (χ0n) is 23.4. The first-order valence-corrected chi connectivity index (χ1v) is 12.5. The number of anilines is 3. The first kappa shape index (κ1) is 30.5. The van der Waals surface area contributed by atoms with Gasteiger partial charge in [0.15, 0.2) is 11.6 Å². The van der Waals surface area contributed by atoms with Crippen molar-refractivity contribution < 1.29 is 14.7 Å². The maximum absolute atomic E-state index is 12.6. The third kappa shape index (κ3) is 8.69. The predicted octanol–water partition coefficient (Wildman–Crippen LogP) is 0.869. The Hall–Kier alpha value is -3.72. The van der Waals surface area contributed by atoms with E-state index in [-0.39, 0.29) is 11.6 Å². The van der Waals surface area contributed by atoms with Crippen LogP contribution in [0.25, 0.3) is 0 Å². The molecule has 0 bridgehead atoms. The number of aliphatic hydroxyl groups excluding tert-OH is 1. The summed E-state index contributed by atoms with van der Waals surface area (Å²) >= 11 is 0. The van der Waals surface area contributed by atoms with Gasteiger partial charge in [0, 0.05) is 33.4 Å². The van der Waals surface area contributed by atoms with Crippen molar-refractivity contribution in [2.75, 3.05) is 58.5 Å². The van der Waals surface area contributed by atoms with Crippen molar-refractivity contribution in [2.45, 2.75) is 39.0 Å². The normalized spacial score (nSPS) is 12.3. The molecule has 5 N–H and O–H groups in total. The molecular formula is C27H40N8O3. The summed E-state index contributed by atoms with van der Waals surface area (Å²) in [6.45, 7) is 4.50. The van der Waals surface area contributed by atoms with Gasteiger partial charge in [-0.2, -0.15) is 0 Å². The maximum Gasteiger partial charge on any atom is 0.298 e. The number of likely N-dealkylation sites (N-methyl/N-ethyl adjacent to an activating group) is 1. The molecule has 0 aliphatic carbocycles. The lowest BCUT2D eigenvalue weighted by molar-refractivity contribution is -0.134. The summed E-state index contributed by atoms with van der Waals surface area (Å²) in [6, 6.07) is 7.00. The topological polar surface area (TPSA) is 140 Å². The zero-order chi connectivity index (χ0) is 28.4. The van der Waals surface area contributed by atoms with Crippen LogP contribution in [0, 0.1) is 11.8 Å². The number of aliphatic hydroxyl groups is 1. The second kappa shape index (κ2) is 14.3. The van der Waals surface area contributed by atoms with E-state index in [2.05, 4.69) is 32.4 Å². The van der Waals surface area contributed by atoms with Gasteiger partial charge in [0.25, 0.3) is 5.91 Å². The van der Waals surface area contributed by atoms with E-state index in [4.69, 9.17) is 5.73 Å². The number of amides is 2. The molecule has 2 atom stereocenters. The van der Waals surface area contributed by atoms with Crippen molar-refractivity contribution >= 4 is 29.1 Å². The number of rotatable bonds is 11. The van der Waals surface area contributed by atoms with Gasteiger partial charge in [0.1, 0.15) is 18.0 Å². The highest BCUT2D eigenvalue weighted by Crippen LogP contribution is 2.26. The third-order valence-electron chi connectivity index (χ3n) is 5.79. The number of hydrogen-bond acceptors (Lipinski definition) is 9. The van der Waals surface area contributed by atoms with Crippen molar-refractivity contribution in [3.05, 3.63) is 41.2 Å². The SMILES string of the molecule is CCc1nc(C(N)O)c(Nc2cccc(CCNC(=O)[C@H](C)N(C)C(=O)C#CCN(C)C)c2)nc1N(C)C. The average Bonchev–Trinajstić information content (AvgIpc) is 2.87. The molecule has 0 aliphatic rings. The molecule has 0 saturated carbocycles. The lowest BCUT2D eigenvalue weighted by atomic mass is 10.1. The van der Waals surface area contributed by atoms with Gasteiger partial charge in [-0.15, -0.1) is 0 Å². The van der Waals surface area contributed by atoms with Crippen LogP contribution >= 0.6 is 0 Å². The average molecular weight is 525 g/mol. The number of aromatic nitrogens is 2. The highest BCUT2D eigenvalue weighted by Gasteiger charge is 2.21. The monoisotopic (exact) mass is 524 g/mol. The second-order valence-corrected chi connectivity index (χ2v) is 9.42. The molecule has 0 fully saturated rings. The molecule has 1 unspecified atom stereocenters. The van der Waals surface area contributed by atoms with Crippen LogP contribution in [0.1, 0.15) is 37.0 Å².